The van der Waals surface area contributed by atoms with Gasteiger partial charge in [-0.05, 0) is 25.3 Å². The maximum absolute atomic E-state index is 13.1. The molecule has 13 heteroatoms. The molecular weight excluding hydrogens is 504 g/mol. The number of aryl methyl sites for hydroxylation is 1. The Bertz CT molecular complexity index is 1310. The highest BCUT2D eigenvalue weighted by atomic mass is 32.2. The minimum Gasteiger partial charge on any atom is -0.477 e. The maximum atomic E-state index is 13.1. The van der Waals surface area contributed by atoms with Gasteiger partial charge in [-0.1, -0.05) is 5.16 Å². The van der Waals surface area contributed by atoms with Crippen LogP contribution in [0.4, 0.5) is 5.13 Å². The van der Waals surface area contributed by atoms with Gasteiger partial charge in [0, 0.05) is 34.8 Å². The predicted molar refractivity (Wildman–Crippen MR) is 133 cm³/mol. The lowest BCUT2D eigenvalue weighted by Gasteiger charge is -2.49. The van der Waals surface area contributed by atoms with Crippen LogP contribution in [0.5, 0.6) is 0 Å². The Hall–Kier alpha value is -3.45. The van der Waals surface area contributed by atoms with Gasteiger partial charge in [-0.2, -0.15) is 4.57 Å². The number of oxime groups is 1. The van der Waals surface area contributed by atoms with Gasteiger partial charge in [0.2, 0.25) is 0 Å². The number of carbonyl (C=O) groups is 3. The van der Waals surface area contributed by atoms with E-state index < -0.39 is 29.2 Å². The lowest BCUT2D eigenvalue weighted by molar-refractivity contribution is -0.697. The molecule has 3 aliphatic rings. The number of β-lactam (4-membered cyclic amide) rings is 1. The molecular formula is C23H25N6O5S2+. The molecule has 188 valence electrons. The lowest BCUT2D eigenvalue weighted by Crippen LogP contribution is -2.71. The van der Waals surface area contributed by atoms with Gasteiger partial charge in [0.1, 0.15) is 29.9 Å². The van der Waals surface area contributed by atoms with Gasteiger partial charge in [0.15, 0.2) is 29.3 Å². The largest absolute Gasteiger partial charge is 0.477 e. The number of nitrogens with two attached hydrogens (primary N) is 1. The third-order valence-corrected chi connectivity index (χ3v) is 8.46. The number of amides is 2. The number of nitrogens with zero attached hydrogens (tertiary/aromatic N) is 4. The average Bonchev–Trinajstić information content (AvgIpc) is 3.31. The minimum absolute atomic E-state index is 0.00628. The third kappa shape index (κ3) is 4.32. The maximum Gasteiger partial charge on any atom is 0.352 e. The molecule has 0 spiro atoms. The highest BCUT2D eigenvalue weighted by Crippen LogP contribution is 2.40. The number of hydrogen-bond donors (Lipinski definition) is 3. The van der Waals surface area contributed by atoms with Crippen LogP contribution in [0.3, 0.4) is 0 Å². The quantitative estimate of drug-likeness (QED) is 0.205. The zero-order chi connectivity index (χ0) is 25.4. The second kappa shape index (κ2) is 9.90. The van der Waals surface area contributed by atoms with E-state index in [1.807, 2.05) is 12.3 Å². The first-order chi connectivity index (χ1) is 17.4. The summed E-state index contributed by atoms with van der Waals surface area (Å²) in [4.78, 5) is 48.4. The van der Waals surface area contributed by atoms with Crippen LogP contribution in [0.15, 0.2) is 40.1 Å². The molecule has 0 unspecified atom stereocenters. The van der Waals surface area contributed by atoms with Gasteiger partial charge < -0.3 is 21.0 Å². The Morgan fingerprint density at radius 1 is 1.39 bits per heavy atom. The van der Waals surface area contributed by atoms with Crippen molar-refractivity contribution in [2.24, 2.45) is 5.16 Å². The van der Waals surface area contributed by atoms with Crippen LogP contribution in [0.1, 0.15) is 29.8 Å². The van der Waals surface area contributed by atoms with E-state index in [1.165, 1.54) is 35.0 Å². The van der Waals surface area contributed by atoms with Crippen LogP contribution in [-0.2, 0) is 38.6 Å². The highest BCUT2D eigenvalue weighted by Gasteiger charge is 2.55. The lowest BCUT2D eigenvalue weighted by atomic mass is 9.95. The number of fused-ring (bicyclic) bond motifs is 2. The Morgan fingerprint density at radius 2 is 2.19 bits per heavy atom. The van der Waals surface area contributed by atoms with Crippen molar-refractivity contribution in [2.45, 2.75) is 43.6 Å². The molecule has 2 aromatic rings. The Labute approximate surface area is 215 Å². The van der Waals surface area contributed by atoms with Crippen LogP contribution in [0.2, 0.25) is 0 Å². The topological polar surface area (TPSA) is 151 Å². The van der Waals surface area contributed by atoms with Gasteiger partial charge in [-0.3, -0.25) is 14.5 Å². The molecule has 36 heavy (non-hydrogen) atoms. The Kier molecular flexibility index (Phi) is 6.67. The third-order valence-electron chi connectivity index (χ3n) is 6.45. The summed E-state index contributed by atoms with van der Waals surface area (Å²) in [5.74, 6) is -1.86. The number of carboxylic acid groups (broad SMARTS) is 1. The van der Waals surface area contributed by atoms with Crippen molar-refractivity contribution in [2.75, 3.05) is 18.6 Å². The van der Waals surface area contributed by atoms with Gasteiger partial charge in [0.25, 0.3) is 11.8 Å². The van der Waals surface area contributed by atoms with Crippen molar-refractivity contribution < 1.29 is 28.9 Å². The average molecular weight is 530 g/mol. The molecule has 2 aliphatic heterocycles. The van der Waals surface area contributed by atoms with E-state index in [-0.39, 0.29) is 22.2 Å². The number of nitrogens with one attached hydrogen (secondary N) is 1. The molecule has 1 aliphatic carbocycles. The molecule has 4 heterocycles. The van der Waals surface area contributed by atoms with E-state index in [9.17, 15) is 19.5 Å². The zero-order valence-electron chi connectivity index (χ0n) is 19.5. The molecule has 1 fully saturated rings. The SMILES string of the molecule is CO/N=C(\C(=O)N[C@H]1C(=O)N2C(C(=O)O)=C(C[n+]3cccc4c3CCCC4)CS[C@H]12)c1csc(N)n1. The molecule has 11 nitrogen and oxygen atoms in total. The van der Waals surface area contributed by atoms with Crippen LogP contribution in [0.25, 0.3) is 0 Å². The summed E-state index contributed by atoms with van der Waals surface area (Å²) >= 11 is 2.57. The molecule has 2 atom stereocenters. The summed E-state index contributed by atoms with van der Waals surface area (Å²) in [6.07, 6.45) is 6.20. The Morgan fingerprint density at radius 3 is 2.92 bits per heavy atom. The zero-order valence-corrected chi connectivity index (χ0v) is 21.1. The fraction of sp³-hybridized carbons (Fsp3) is 0.391. The highest BCUT2D eigenvalue weighted by molar-refractivity contribution is 8.00. The molecule has 5 rings (SSSR count). The van der Waals surface area contributed by atoms with E-state index in [1.54, 1.807) is 5.38 Å². The van der Waals surface area contributed by atoms with Crippen molar-refractivity contribution in [1.82, 2.24) is 15.2 Å². The van der Waals surface area contributed by atoms with Crippen molar-refractivity contribution in [3.05, 3.63) is 51.9 Å². The summed E-state index contributed by atoms with van der Waals surface area (Å²) < 4.78 is 2.10. The van der Waals surface area contributed by atoms with Gasteiger partial charge in [-0.15, -0.1) is 23.1 Å². The molecule has 0 bridgehead atoms. The standard InChI is InChI=1S/C23H24N6O5S2/c1-34-27-16(14-11-36-23(24)25-14)19(30)26-17-20(31)29-18(22(32)33)13(10-35-21(17)29)9-28-8-4-6-12-5-2-3-7-15(12)28/h4,6,8,11,17,21H,2-3,5,7,9-10H2,1H3,(H3-,24,25,26,30,32,33)/p+1/b27-16-/t17-,21+/m0/s1. The number of aliphatic carboxylic acids is 1. The predicted octanol–water partition coefficient (Wildman–Crippen LogP) is 0.681. The molecule has 4 N–H and O–H groups in total. The number of carbonyl (C=O) groups excluding carboxylic acids is 2. The van der Waals surface area contributed by atoms with Crippen molar-refractivity contribution in [3.8, 4) is 0 Å². The number of anilines is 1. The van der Waals surface area contributed by atoms with E-state index in [4.69, 9.17) is 10.6 Å². The number of pyridine rings is 1. The van der Waals surface area contributed by atoms with Crippen LogP contribution >= 0.6 is 23.1 Å². The fourth-order valence-corrected chi connectivity index (χ4v) is 6.72. The molecule has 1 saturated heterocycles. The number of nitrogen functional groups attached to an aromatic ring is 1. The Balaban J connectivity index is 1.36. The van der Waals surface area contributed by atoms with E-state index in [0.29, 0.717) is 17.9 Å². The summed E-state index contributed by atoms with van der Waals surface area (Å²) in [6, 6.07) is 3.21. The number of thiazole rings is 1. The van der Waals surface area contributed by atoms with E-state index in [0.717, 1.165) is 37.0 Å². The van der Waals surface area contributed by atoms with Crippen molar-refractivity contribution >= 4 is 51.7 Å². The van der Waals surface area contributed by atoms with Crippen LogP contribution in [0, 0.1) is 0 Å². The second-order valence-corrected chi connectivity index (χ2v) is 10.6. The number of rotatable bonds is 7. The normalized spacial score (nSPS) is 21.4. The molecule has 0 saturated carbocycles. The van der Waals surface area contributed by atoms with Crippen LogP contribution < -0.4 is 15.6 Å². The molecule has 2 amide bonds. The van der Waals surface area contributed by atoms with E-state index in [2.05, 4.69) is 26.1 Å². The summed E-state index contributed by atoms with van der Waals surface area (Å²) in [7, 11) is 1.30. The summed E-state index contributed by atoms with van der Waals surface area (Å²) in [5, 5.41) is 17.7. The fourth-order valence-electron chi connectivity index (χ4n) is 4.83. The number of carboxylic acids is 1. The number of hydrogen-bond acceptors (Lipinski definition) is 9. The van der Waals surface area contributed by atoms with Gasteiger partial charge in [0.05, 0.1) is 0 Å². The summed E-state index contributed by atoms with van der Waals surface area (Å²) in [5.41, 5.74) is 8.96. The first-order valence-corrected chi connectivity index (χ1v) is 13.4. The second-order valence-electron chi connectivity index (χ2n) is 8.63. The van der Waals surface area contributed by atoms with Gasteiger partial charge >= 0.3 is 5.97 Å². The monoisotopic (exact) mass is 529 g/mol. The molecule has 2 aromatic heterocycles. The smallest absolute Gasteiger partial charge is 0.352 e. The van der Waals surface area contributed by atoms with Crippen molar-refractivity contribution in [3.63, 3.8) is 0 Å². The summed E-state index contributed by atoms with van der Waals surface area (Å²) in [6.45, 7) is 0.404. The van der Waals surface area contributed by atoms with Crippen LogP contribution in [-0.4, -0.2) is 62.8 Å². The minimum atomic E-state index is -1.15. The molecule has 0 aromatic carbocycles. The first kappa shape index (κ1) is 24.3. The number of thioether (sulfide) groups is 1. The van der Waals surface area contributed by atoms with E-state index >= 15 is 0 Å². The van der Waals surface area contributed by atoms with Crippen molar-refractivity contribution in [1.29, 1.82) is 0 Å². The molecule has 0 radical (unpaired) electrons. The number of aromatic nitrogens is 2. The first-order valence-electron chi connectivity index (χ1n) is 11.4. The van der Waals surface area contributed by atoms with Gasteiger partial charge in [-0.25, -0.2) is 9.78 Å².